The molecule has 4 aromatic rings. The second-order valence-corrected chi connectivity index (χ2v) is 2.80. The van der Waals surface area contributed by atoms with Gasteiger partial charge in [0.15, 0.2) is 19.0 Å². The van der Waals surface area contributed by atoms with Gasteiger partial charge in [0.1, 0.15) is 31.6 Å². The maximum atomic E-state index is 3.56. The zero-order chi connectivity index (χ0) is 17.0. The number of aromatic nitrogens is 16. The molecule has 0 unspecified atom stereocenters. The fourth-order valence-electron chi connectivity index (χ4n) is 0.669. The van der Waals surface area contributed by atoms with E-state index in [0.29, 0.717) is 0 Å². The first-order valence-electron chi connectivity index (χ1n) is 5.73. The molecule has 4 heterocycles. The van der Waals surface area contributed by atoms with Gasteiger partial charge in [0.05, 0.1) is 0 Å². The van der Waals surface area contributed by atoms with Crippen LogP contribution in [0.3, 0.4) is 0 Å². The van der Waals surface area contributed by atoms with Crippen LogP contribution in [0.15, 0.2) is 50.6 Å². The fraction of sp³-hybridized carbons (Fsp3) is 0. The van der Waals surface area contributed by atoms with Crippen LogP contribution in [0.5, 0.6) is 0 Å². The maximum absolute atomic E-state index is 3.56. The van der Waals surface area contributed by atoms with E-state index in [2.05, 4.69) is 81.6 Å². The van der Waals surface area contributed by atoms with Crippen LogP contribution in [0.1, 0.15) is 0 Å². The third-order valence-corrected chi connectivity index (χ3v) is 1.37. The molecule has 120 valence electrons. The van der Waals surface area contributed by atoms with Crippen molar-refractivity contribution >= 4 is 0 Å². The minimum absolute atomic E-state index is 1.22. The van der Waals surface area contributed by atoms with Crippen LogP contribution >= 0.6 is 0 Å². The van der Waals surface area contributed by atoms with E-state index in [9.17, 15) is 0 Å². The number of nitrogens with zero attached hydrogens (tertiary/aromatic N) is 16. The lowest BCUT2D eigenvalue weighted by Gasteiger charge is -1.69. The Hall–Kier alpha value is -4.24. The highest BCUT2D eigenvalue weighted by atomic mass is 15.5. The summed E-state index contributed by atoms with van der Waals surface area (Å²) < 4.78 is 0. The first-order valence-corrected chi connectivity index (χ1v) is 5.73. The summed E-state index contributed by atoms with van der Waals surface area (Å²) in [6.45, 7) is 0. The van der Waals surface area contributed by atoms with Gasteiger partial charge < -0.3 is 0 Å². The van der Waals surface area contributed by atoms with Crippen molar-refractivity contribution in [2.45, 2.75) is 0 Å². The standard InChI is InChI=1S/C3H3N3.2C2H2N4.CHN5/c1-4-2-6-3-5-1;1-3-5-2-6-4-1;1-3-2-5-6-4-1;1-2-4-6-5-3-1/h1-3H;2*1-2H;1H. The molecule has 0 amide bonds. The zero-order valence-electron chi connectivity index (χ0n) is 11.8. The van der Waals surface area contributed by atoms with Crippen molar-refractivity contribution in [3.8, 4) is 0 Å². The van der Waals surface area contributed by atoms with E-state index in [1.54, 1.807) is 0 Å². The Morgan fingerprint density at radius 2 is 0.625 bits per heavy atom. The molecule has 24 heavy (non-hydrogen) atoms. The van der Waals surface area contributed by atoms with Crippen molar-refractivity contribution in [3.05, 3.63) is 50.6 Å². The van der Waals surface area contributed by atoms with Crippen molar-refractivity contribution in [2.24, 2.45) is 0 Å². The molecular formula is C8H8N16. The van der Waals surface area contributed by atoms with Crippen LogP contribution < -0.4 is 0 Å². The van der Waals surface area contributed by atoms with Crippen LogP contribution in [0, 0.1) is 0 Å². The third kappa shape index (κ3) is 12.8. The van der Waals surface area contributed by atoms with Crippen molar-refractivity contribution in [1.82, 2.24) is 81.6 Å². The first kappa shape index (κ1) is 17.8. The molecule has 16 heteroatoms. The van der Waals surface area contributed by atoms with E-state index >= 15 is 0 Å². The molecule has 0 spiro atoms. The number of hydrogen-bond donors (Lipinski definition) is 0. The lowest BCUT2D eigenvalue weighted by atomic mass is 11.1. The highest BCUT2D eigenvalue weighted by Crippen LogP contribution is 1.57. The topological polar surface area (TPSA) is 206 Å². The Morgan fingerprint density at radius 1 is 0.250 bits per heavy atom. The quantitative estimate of drug-likeness (QED) is 0.316. The van der Waals surface area contributed by atoms with Crippen molar-refractivity contribution in [2.75, 3.05) is 0 Å². The molecule has 0 aromatic carbocycles. The predicted octanol–water partition coefficient (Wildman–Crippen LogP) is -2.93. The smallest absolute Gasteiger partial charge is 0.164 e. The van der Waals surface area contributed by atoms with Crippen LogP contribution in [0.4, 0.5) is 0 Å². The monoisotopic (exact) mass is 328 g/mol. The predicted molar refractivity (Wildman–Crippen MR) is 70.5 cm³/mol. The molecule has 0 saturated heterocycles. The molecule has 0 aliphatic rings. The van der Waals surface area contributed by atoms with Crippen molar-refractivity contribution < 1.29 is 0 Å². The van der Waals surface area contributed by atoms with Gasteiger partial charge in [-0.3, -0.25) is 0 Å². The fourth-order valence-corrected chi connectivity index (χ4v) is 0.669. The van der Waals surface area contributed by atoms with E-state index in [1.165, 1.54) is 50.6 Å². The average Bonchev–Trinajstić information content (AvgIpc) is 2.75. The molecular weight excluding hydrogens is 320 g/mol. The van der Waals surface area contributed by atoms with E-state index < -0.39 is 0 Å². The van der Waals surface area contributed by atoms with Gasteiger partial charge in [0.2, 0.25) is 0 Å². The Morgan fingerprint density at radius 3 is 0.792 bits per heavy atom. The van der Waals surface area contributed by atoms with Crippen molar-refractivity contribution in [3.63, 3.8) is 0 Å². The van der Waals surface area contributed by atoms with Crippen LogP contribution in [0.2, 0.25) is 0 Å². The Kier molecular flexibility index (Phi) is 11.2. The molecule has 0 aliphatic carbocycles. The summed E-state index contributed by atoms with van der Waals surface area (Å²) in [5, 5.41) is 39.1. The molecule has 0 fully saturated rings. The number of rotatable bonds is 0. The molecule has 0 radical (unpaired) electrons. The van der Waals surface area contributed by atoms with Crippen LogP contribution in [-0.2, 0) is 0 Å². The average molecular weight is 328 g/mol. The lowest BCUT2D eigenvalue weighted by Crippen LogP contribution is -1.89. The van der Waals surface area contributed by atoms with Crippen LogP contribution in [-0.4, -0.2) is 81.6 Å². The summed E-state index contributed by atoms with van der Waals surface area (Å²) in [5.41, 5.74) is 0. The van der Waals surface area contributed by atoms with Gasteiger partial charge in [0, 0.05) is 0 Å². The zero-order valence-corrected chi connectivity index (χ0v) is 11.8. The molecule has 0 atom stereocenters. The first-order chi connectivity index (χ1) is 12.0. The van der Waals surface area contributed by atoms with E-state index in [0.717, 1.165) is 0 Å². The summed E-state index contributed by atoms with van der Waals surface area (Å²) in [4.78, 5) is 14.2. The van der Waals surface area contributed by atoms with Gasteiger partial charge in [-0.1, -0.05) is 0 Å². The van der Waals surface area contributed by atoms with Gasteiger partial charge in [-0.2, -0.15) is 0 Å². The normalized spacial score (nSPS) is 8.00. The minimum Gasteiger partial charge on any atom is -0.225 e. The second-order valence-electron chi connectivity index (χ2n) is 2.80. The largest absolute Gasteiger partial charge is 0.225 e. The highest BCUT2D eigenvalue weighted by Gasteiger charge is 1.63. The maximum Gasteiger partial charge on any atom is 0.164 e. The molecule has 0 bridgehead atoms. The highest BCUT2D eigenvalue weighted by molar-refractivity contribution is 4.51. The van der Waals surface area contributed by atoms with Gasteiger partial charge in [-0.05, 0) is 20.9 Å². The molecule has 0 aliphatic heterocycles. The van der Waals surface area contributed by atoms with Gasteiger partial charge in [-0.25, -0.2) is 19.9 Å². The second kappa shape index (κ2) is 15.2. The molecule has 0 saturated carbocycles. The van der Waals surface area contributed by atoms with E-state index in [4.69, 9.17) is 0 Å². The van der Waals surface area contributed by atoms with Gasteiger partial charge in [-0.15, -0.1) is 40.8 Å². The summed E-state index contributed by atoms with van der Waals surface area (Å²) >= 11 is 0. The molecule has 0 N–H and O–H groups in total. The van der Waals surface area contributed by atoms with Crippen LogP contribution in [0.25, 0.3) is 0 Å². The van der Waals surface area contributed by atoms with Gasteiger partial charge >= 0.3 is 0 Å². The lowest BCUT2D eigenvalue weighted by molar-refractivity contribution is 0.678. The van der Waals surface area contributed by atoms with E-state index in [1.807, 2.05) is 0 Å². The van der Waals surface area contributed by atoms with Gasteiger partial charge in [0.25, 0.3) is 0 Å². The molecule has 16 nitrogen and oxygen atoms in total. The Labute approximate surface area is 133 Å². The Balaban J connectivity index is 0.000000160. The minimum atomic E-state index is 1.22. The molecule has 4 aromatic heterocycles. The Bertz CT molecular complexity index is 436. The summed E-state index contributed by atoms with van der Waals surface area (Å²) in [5.74, 6) is 0. The third-order valence-electron chi connectivity index (χ3n) is 1.37. The van der Waals surface area contributed by atoms with Crippen molar-refractivity contribution in [1.29, 1.82) is 0 Å². The summed E-state index contributed by atoms with van der Waals surface area (Å²) in [7, 11) is 0. The van der Waals surface area contributed by atoms with E-state index in [-0.39, 0.29) is 0 Å². The SMILES string of the molecule is c1ncncn1.c1ncnnn1.c1nncnn1.c1nnnnn1. The summed E-state index contributed by atoms with van der Waals surface area (Å²) in [6.07, 6.45) is 10.7. The molecule has 4 rings (SSSR count). The number of hydrogen-bond acceptors (Lipinski definition) is 16. The summed E-state index contributed by atoms with van der Waals surface area (Å²) in [6, 6.07) is 0.